The van der Waals surface area contributed by atoms with Gasteiger partial charge in [-0.1, -0.05) is 0 Å². The van der Waals surface area contributed by atoms with Crippen LogP contribution in [-0.4, -0.2) is 32.4 Å². The van der Waals surface area contributed by atoms with Crippen LogP contribution >= 0.6 is 0 Å². The van der Waals surface area contributed by atoms with E-state index in [0.717, 1.165) is 29.3 Å². The van der Waals surface area contributed by atoms with Gasteiger partial charge in [-0.2, -0.15) is 4.31 Å². The van der Waals surface area contributed by atoms with E-state index < -0.39 is 26.6 Å². The smallest absolute Gasteiger partial charge is 0.246 e. The lowest BCUT2D eigenvalue weighted by Gasteiger charge is -2.26. The number of halogens is 2. The summed E-state index contributed by atoms with van der Waals surface area (Å²) < 4.78 is 52.4. The number of nitrogens with two attached hydrogens (primary N) is 1. The van der Waals surface area contributed by atoms with Crippen LogP contribution in [0.5, 0.6) is 0 Å². The summed E-state index contributed by atoms with van der Waals surface area (Å²) in [5.41, 5.74) is 5.58. The molecule has 1 aliphatic carbocycles. The standard InChI is InChI=1S/C12H16F2N2O2S/c1-16(11(7-15)8-2-3-8)19(17,18)12-6-9(13)4-5-10(12)14/h4-6,8,11H,2-3,7,15H2,1H3. The van der Waals surface area contributed by atoms with Crippen LogP contribution in [-0.2, 0) is 10.0 Å². The van der Waals surface area contributed by atoms with Crippen LogP contribution in [0.3, 0.4) is 0 Å². The summed E-state index contributed by atoms with van der Waals surface area (Å²) in [6, 6.07) is 2.02. The summed E-state index contributed by atoms with van der Waals surface area (Å²) in [5.74, 6) is -1.54. The Labute approximate surface area is 111 Å². The average Bonchev–Trinajstić information content (AvgIpc) is 3.17. The highest BCUT2D eigenvalue weighted by atomic mass is 32.2. The molecule has 0 spiro atoms. The van der Waals surface area contributed by atoms with Crippen LogP contribution in [0.1, 0.15) is 12.8 Å². The van der Waals surface area contributed by atoms with Crippen molar-refractivity contribution in [3.63, 3.8) is 0 Å². The predicted molar refractivity (Wildman–Crippen MR) is 66.9 cm³/mol. The van der Waals surface area contributed by atoms with Gasteiger partial charge in [-0.05, 0) is 37.0 Å². The van der Waals surface area contributed by atoms with Gasteiger partial charge in [-0.3, -0.25) is 0 Å². The van der Waals surface area contributed by atoms with Gasteiger partial charge in [0.2, 0.25) is 10.0 Å². The number of benzene rings is 1. The van der Waals surface area contributed by atoms with E-state index in [0.29, 0.717) is 6.07 Å². The highest BCUT2D eigenvalue weighted by Gasteiger charge is 2.39. The molecule has 0 saturated heterocycles. The summed E-state index contributed by atoms with van der Waals surface area (Å²) in [6.45, 7) is 0.164. The molecule has 2 rings (SSSR count). The lowest BCUT2D eigenvalue weighted by atomic mass is 10.2. The lowest BCUT2D eigenvalue weighted by molar-refractivity contribution is 0.338. The first-order valence-corrected chi connectivity index (χ1v) is 7.45. The third kappa shape index (κ3) is 2.77. The van der Waals surface area contributed by atoms with E-state index in [4.69, 9.17) is 5.73 Å². The number of sulfonamides is 1. The zero-order valence-corrected chi connectivity index (χ0v) is 11.3. The van der Waals surface area contributed by atoms with Crippen molar-refractivity contribution in [3.05, 3.63) is 29.8 Å². The summed E-state index contributed by atoms with van der Waals surface area (Å²) in [6.07, 6.45) is 1.82. The maximum Gasteiger partial charge on any atom is 0.246 e. The van der Waals surface area contributed by atoms with Crippen molar-refractivity contribution in [2.24, 2.45) is 11.7 Å². The molecule has 0 aromatic heterocycles. The Morgan fingerprint density at radius 1 is 1.42 bits per heavy atom. The number of hydrogen-bond donors (Lipinski definition) is 1. The van der Waals surface area contributed by atoms with Gasteiger partial charge in [0.1, 0.15) is 16.5 Å². The van der Waals surface area contributed by atoms with Crippen LogP contribution < -0.4 is 5.73 Å². The Morgan fingerprint density at radius 3 is 2.58 bits per heavy atom. The van der Waals surface area contributed by atoms with Crippen LogP contribution in [0.25, 0.3) is 0 Å². The van der Waals surface area contributed by atoms with E-state index in [9.17, 15) is 17.2 Å². The monoisotopic (exact) mass is 290 g/mol. The number of hydrogen-bond acceptors (Lipinski definition) is 3. The molecule has 2 N–H and O–H groups in total. The molecule has 0 aliphatic heterocycles. The SMILES string of the molecule is CN(C(CN)C1CC1)S(=O)(=O)c1cc(F)ccc1F. The van der Waals surface area contributed by atoms with E-state index in [1.807, 2.05) is 0 Å². The highest BCUT2D eigenvalue weighted by molar-refractivity contribution is 7.89. The molecule has 1 saturated carbocycles. The van der Waals surface area contributed by atoms with Crippen molar-refractivity contribution in [3.8, 4) is 0 Å². The van der Waals surface area contributed by atoms with Crippen molar-refractivity contribution in [2.75, 3.05) is 13.6 Å². The summed E-state index contributed by atoms with van der Waals surface area (Å²) in [7, 11) is -2.71. The number of likely N-dealkylation sites (N-methyl/N-ethyl adjacent to an activating group) is 1. The molecule has 0 radical (unpaired) electrons. The molecule has 1 aliphatic rings. The largest absolute Gasteiger partial charge is 0.329 e. The Hall–Kier alpha value is -1.05. The molecule has 7 heteroatoms. The van der Waals surface area contributed by atoms with Gasteiger partial charge in [0.05, 0.1) is 0 Å². The molecule has 19 heavy (non-hydrogen) atoms. The molecular weight excluding hydrogens is 274 g/mol. The molecule has 1 unspecified atom stereocenters. The number of nitrogens with zero attached hydrogens (tertiary/aromatic N) is 1. The second kappa shape index (κ2) is 5.15. The first-order chi connectivity index (χ1) is 8.87. The molecule has 1 aromatic carbocycles. The summed E-state index contributed by atoms with van der Waals surface area (Å²) in [5, 5.41) is 0. The maximum atomic E-state index is 13.6. The highest BCUT2D eigenvalue weighted by Crippen LogP contribution is 2.36. The van der Waals surface area contributed by atoms with E-state index in [1.165, 1.54) is 7.05 Å². The summed E-state index contributed by atoms with van der Waals surface area (Å²) >= 11 is 0. The fourth-order valence-corrected chi connectivity index (χ4v) is 3.63. The molecular formula is C12H16F2N2O2S. The Bertz CT molecular complexity index is 573. The van der Waals surface area contributed by atoms with Crippen LogP contribution in [0.4, 0.5) is 8.78 Å². The molecule has 1 aromatic rings. The van der Waals surface area contributed by atoms with Gasteiger partial charge in [-0.25, -0.2) is 17.2 Å². The van der Waals surface area contributed by atoms with E-state index in [1.54, 1.807) is 0 Å². The van der Waals surface area contributed by atoms with Crippen LogP contribution in [0, 0.1) is 17.6 Å². The van der Waals surface area contributed by atoms with Crippen molar-refractivity contribution in [1.82, 2.24) is 4.31 Å². The van der Waals surface area contributed by atoms with Crippen molar-refractivity contribution in [1.29, 1.82) is 0 Å². The zero-order chi connectivity index (χ0) is 14.2. The minimum atomic E-state index is -4.07. The molecule has 1 fully saturated rings. The molecule has 0 heterocycles. The fourth-order valence-electron chi connectivity index (χ4n) is 2.13. The third-order valence-corrected chi connectivity index (χ3v) is 5.32. The number of rotatable bonds is 5. The quantitative estimate of drug-likeness (QED) is 0.889. The van der Waals surface area contributed by atoms with E-state index in [-0.39, 0.29) is 18.5 Å². The Balaban J connectivity index is 2.38. The topological polar surface area (TPSA) is 63.4 Å². The molecule has 106 valence electrons. The van der Waals surface area contributed by atoms with Gasteiger partial charge < -0.3 is 5.73 Å². The van der Waals surface area contributed by atoms with Crippen LogP contribution in [0.15, 0.2) is 23.1 Å². The fraction of sp³-hybridized carbons (Fsp3) is 0.500. The minimum Gasteiger partial charge on any atom is -0.329 e. The Morgan fingerprint density at radius 2 is 2.05 bits per heavy atom. The third-order valence-electron chi connectivity index (χ3n) is 3.42. The van der Waals surface area contributed by atoms with Crippen molar-refractivity contribution >= 4 is 10.0 Å². The first kappa shape index (κ1) is 14.4. The van der Waals surface area contributed by atoms with Crippen LogP contribution in [0.2, 0.25) is 0 Å². The second-order valence-corrected chi connectivity index (χ2v) is 6.70. The minimum absolute atomic E-state index is 0.164. The maximum absolute atomic E-state index is 13.6. The van der Waals surface area contributed by atoms with E-state index >= 15 is 0 Å². The van der Waals surface area contributed by atoms with Crippen molar-refractivity contribution in [2.45, 2.75) is 23.8 Å². The zero-order valence-electron chi connectivity index (χ0n) is 10.5. The molecule has 0 bridgehead atoms. The van der Waals surface area contributed by atoms with Gasteiger partial charge in [0.25, 0.3) is 0 Å². The molecule has 0 amide bonds. The van der Waals surface area contributed by atoms with Crippen molar-refractivity contribution < 1.29 is 17.2 Å². The van der Waals surface area contributed by atoms with Gasteiger partial charge >= 0.3 is 0 Å². The van der Waals surface area contributed by atoms with Gasteiger partial charge in [0.15, 0.2) is 0 Å². The molecule has 4 nitrogen and oxygen atoms in total. The summed E-state index contributed by atoms with van der Waals surface area (Å²) in [4.78, 5) is -0.644. The predicted octanol–water partition coefficient (Wildman–Crippen LogP) is 1.32. The van der Waals surface area contributed by atoms with E-state index in [2.05, 4.69) is 0 Å². The molecule has 1 atom stereocenters. The second-order valence-electron chi connectivity index (χ2n) is 4.74. The normalized spacial score (nSPS) is 17.7. The van der Waals surface area contributed by atoms with Gasteiger partial charge in [-0.15, -0.1) is 0 Å². The Kier molecular flexibility index (Phi) is 3.89. The first-order valence-electron chi connectivity index (χ1n) is 6.01. The van der Waals surface area contributed by atoms with Gasteiger partial charge in [0, 0.05) is 19.6 Å². The lowest BCUT2D eigenvalue weighted by Crippen LogP contribution is -2.43. The average molecular weight is 290 g/mol.